The largest absolute Gasteiger partial charge is 0.393 e. The maximum absolute atomic E-state index is 12.8. The number of rotatable bonds is 9. The first kappa shape index (κ1) is 23.3. The first-order valence-electron chi connectivity index (χ1n) is 11.5. The second-order valence-corrected chi connectivity index (χ2v) is 8.47. The van der Waals surface area contributed by atoms with E-state index in [0.29, 0.717) is 47.0 Å². The molecule has 0 bridgehead atoms. The van der Waals surface area contributed by atoms with Crippen LogP contribution < -0.4 is 5.73 Å². The van der Waals surface area contributed by atoms with Crippen molar-refractivity contribution in [1.29, 1.82) is 0 Å². The Labute approximate surface area is 199 Å². The standard InChI is InChI=1S/C29H28N2O3/c1-2-22(32)14-15-23(33)17-19-13-16-25-24(18-19)27(29(30)34)26(20-9-5-3-6-10-20)28(31-25)21-11-7-4-8-12-21/h3-13,16,18,22,32H,2,14-15,17H2,1H3,(H2,30,34). The summed E-state index contributed by atoms with van der Waals surface area (Å²) in [7, 11) is 0. The molecule has 34 heavy (non-hydrogen) atoms. The van der Waals surface area contributed by atoms with Crippen molar-refractivity contribution < 1.29 is 14.7 Å². The molecule has 0 spiro atoms. The molecule has 1 heterocycles. The van der Waals surface area contributed by atoms with Gasteiger partial charge in [0.1, 0.15) is 5.78 Å². The molecule has 172 valence electrons. The van der Waals surface area contributed by atoms with Gasteiger partial charge in [-0.05, 0) is 36.1 Å². The number of ketones is 1. The van der Waals surface area contributed by atoms with E-state index in [2.05, 4.69) is 0 Å². The van der Waals surface area contributed by atoms with E-state index in [-0.39, 0.29) is 12.2 Å². The van der Waals surface area contributed by atoms with Crippen molar-refractivity contribution in [2.24, 2.45) is 5.73 Å². The van der Waals surface area contributed by atoms with Crippen molar-refractivity contribution in [1.82, 2.24) is 4.98 Å². The number of Topliss-reactive ketones (excluding diaryl/α,β-unsaturated/α-hetero) is 1. The fourth-order valence-electron chi connectivity index (χ4n) is 4.21. The lowest BCUT2D eigenvalue weighted by molar-refractivity contribution is -0.119. The van der Waals surface area contributed by atoms with Crippen LogP contribution in [0.4, 0.5) is 0 Å². The SMILES string of the molecule is CCC(O)CCC(=O)Cc1ccc2nc(-c3ccccc3)c(-c3ccccc3)c(C(N)=O)c2c1. The molecule has 3 aromatic carbocycles. The fraction of sp³-hybridized carbons (Fsp3) is 0.207. The Morgan fingerprint density at radius 3 is 2.21 bits per heavy atom. The van der Waals surface area contributed by atoms with Crippen LogP contribution in [0.1, 0.15) is 42.1 Å². The van der Waals surface area contributed by atoms with Crippen molar-refractivity contribution >= 4 is 22.6 Å². The summed E-state index contributed by atoms with van der Waals surface area (Å²) >= 11 is 0. The number of amides is 1. The molecule has 5 nitrogen and oxygen atoms in total. The molecule has 0 saturated carbocycles. The number of aliphatic hydroxyl groups excluding tert-OH is 1. The second-order valence-electron chi connectivity index (χ2n) is 8.47. The van der Waals surface area contributed by atoms with Crippen LogP contribution in [0, 0.1) is 0 Å². The van der Waals surface area contributed by atoms with Gasteiger partial charge in [0.2, 0.25) is 5.91 Å². The summed E-state index contributed by atoms with van der Waals surface area (Å²) < 4.78 is 0. The second kappa shape index (κ2) is 10.4. The zero-order chi connectivity index (χ0) is 24.1. The molecule has 0 radical (unpaired) electrons. The zero-order valence-electron chi connectivity index (χ0n) is 19.2. The molecule has 4 aromatic rings. The zero-order valence-corrected chi connectivity index (χ0v) is 19.2. The lowest BCUT2D eigenvalue weighted by Crippen LogP contribution is -2.15. The number of hydrogen-bond acceptors (Lipinski definition) is 4. The van der Waals surface area contributed by atoms with Gasteiger partial charge in [-0.3, -0.25) is 9.59 Å². The Morgan fingerprint density at radius 1 is 0.941 bits per heavy atom. The number of carbonyl (C=O) groups is 2. The third kappa shape index (κ3) is 5.05. The number of nitrogens with zero attached hydrogens (tertiary/aromatic N) is 1. The molecule has 0 aliphatic rings. The molecule has 0 fully saturated rings. The van der Waals surface area contributed by atoms with Crippen molar-refractivity contribution in [2.45, 2.75) is 38.7 Å². The number of aromatic nitrogens is 1. The van der Waals surface area contributed by atoms with Gasteiger partial charge in [-0.1, -0.05) is 73.7 Å². The van der Waals surface area contributed by atoms with Crippen LogP contribution in [0.5, 0.6) is 0 Å². The van der Waals surface area contributed by atoms with Crippen LogP contribution in [-0.4, -0.2) is 27.9 Å². The van der Waals surface area contributed by atoms with Gasteiger partial charge < -0.3 is 10.8 Å². The van der Waals surface area contributed by atoms with Crippen molar-refractivity contribution in [3.05, 3.63) is 90.0 Å². The van der Waals surface area contributed by atoms with Gasteiger partial charge in [-0.25, -0.2) is 4.98 Å². The summed E-state index contributed by atoms with van der Waals surface area (Å²) in [5.74, 6) is -0.498. The summed E-state index contributed by atoms with van der Waals surface area (Å²) in [4.78, 5) is 30.3. The normalized spacial score (nSPS) is 11.9. The van der Waals surface area contributed by atoms with Crippen LogP contribution in [-0.2, 0) is 11.2 Å². The summed E-state index contributed by atoms with van der Waals surface area (Å²) in [6.07, 6.45) is 1.16. The maximum atomic E-state index is 12.8. The highest BCUT2D eigenvalue weighted by Gasteiger charge is 2.22. The lowest BCUT2D eigenvalue weighted by atomic mass is 9.90. The van der Waals surface area contributed by atoms with E-state index in [4.69, 9.17) is 10.7 Å². The smallest absolute Gasteiger partial charge is 0.250 e. The summed E-state index contributed by atoms with van der Waals surface area (Å²) in [6.45, 7) is 1.89. The van der Waals surface area contributed by atoms with Crippen LogP contribution in [0.15, 0.2) is 78.9 Å². The van der Waals surface area contributed by atoms with Gasteiger partial charge in [0.05, 0.1) is 22.9 Å². The Kier molecular flexibility index (Phi) is 7.14. The molecule has 5 heteroatoms. The van der Waals surface area contributed by atoms with E-state index in [1.165, 1.54) is 0 Å². The van der Waals surface area contributed by atoms with Gasteiger partial charge in [-0.2, -0.15) is 0 Å². The van der Waals surface area contributed by atoms with E-state index >= 15 is 0 Å². The van der Waals surface area contributed by atoms with E-state index in [9.17, 15) is 14.7 Å². The third-order valence-corrected chi connectivity index (χ3v) is 6.03. The van der Waals surface area contributed by atoms with Crippen LogP contribution in [0.3, 0.4) is 0 Å². The number of carbonyl (C=O) groups excluding carboxylic acids is 2. The molecule has 4 rings (SSSR count). The van der Waals surface area contributed by atoms with Crippen molar-refractivity contribution in [2.75, 3.05) is 0 Å². The lowest BCUT2D eigenvalue weighted by Gasteiger charge is -2.17. The Bertz CT molecular complexity index is 1320. The first-order chi connectivity index (χ1) is 16.5. The molecular weight excluding hydrogens is 424 g/mol. The quantitative estimate of drug-likeness (QED) is 0.359. The predicted molar refractivity (Wildman–Crippen MR) is 135 cm³/mol. The average molecular weight is 453 g/mol. The number of benzene rings is 3. The summed E-state index contributed by atoms with van der Waals surface area (Å²) in [5.41, 5.74) is 10.9. The van der Waals surface area contributed by atoms with Gasteiger partial charge in [0.25, 0.3) is 0 Å². The highest BCUT2D eigenvalue weighted by Crippen LogP contribution is 2.37. The summed E-state index contributed by atoms with van der Waals surface area (Å²) in [6, 6.07) is 24.9. The number of fused-ring (bicyclic) bond motifs is 1. The topological polar surface area (TPSA) is 93.3 Å². The fourth-order valence-corrected chi connectivity index (χ4v) is 4.21. The molecule has 3 N–H and O–H groups in total. The number of nitrogens with two attached hydrogens (primary N) is 1. The highest BCUT2D eigenvalue weighted by molar-refractivity contribution is 6.13. The minimum atomic E-state index is -0.544. The summed E-state index contributed by atoms with van der Waals surface area (Å²) in [5, 5.41) is 10.4. The van der Waals surface area contributed by atoms with E-state index in [1.807, 2.05) is 85.8 Å². The minimum absolute atomic E-state index is 0.0459. The predicted octanol–water partition coefficient (Wildman–Crippen LogP) is 5.33. The minimum Gasteiger partial charge on any atom is -0.393 e. The maximum Gasteiger partial charge on any atom is 0.250 e. The van der Waals surface area contributed by atoms with Gasteiger partial charge >= 0.3 is 0 Å². The molecule has 1 unspecified atom stereocenters. The Morgan fingerprint density at radius 2 is 1.59 bits per heavy atom. The van der Waals surface area contributed by atoms with Gasteiger partial charge in [0, 0.05) is 29.4 Å². The van der Waals surface area contributed by atoms with Gasteiger partial charge in [-0.15, -0.1) is 0 Å². The molecule has 0 saturated heterocycles. The molecule has 1 atom stereocenters. The molecular formula is C29H28N2O3. The third-order valence-electron chi connectivity index (χ3n) is 6.03. The van der Waals surface area contributed by atoms with Crippen molar-refractivity contribution in [3.63, 3.8) is 0 Å². The van der Waals surface area contributed by atoms with E-state index in [1.54, 1.807) is 0 Å². The number of aliphatic hydroxyl groups is 1. The molecule has 1 amide bonds. The molecule has 0 aliphatic carbocycles. The Hall–Kier alpha value is -3.83. The van der Waals surface area contributed by atoms with E-state index in [0.717, 1.165) is 16.7 Å². The molecule has 0 aliphatic heterocycles. The first-order valence-corrected chi connectivity index (χ1v) is 11.5. The van der Waals surface area contributed by atoms with Gasteiger partial charge in [0.15, 0.2) is 0 Å². The highest BCUT2D eigenvalue weighted by atomic mass is 16.3. The van der Waals surface area contributed by atoms with Crippen LogP contribution >= 0.6 is 0 Å². The molecule has 1 aromatic heterocycles. The number of pyridine rings is 1. The Balaban J connectivity index is 1.86. The van der Waals surface area contributed by atoms with Crippen LogP contribution in [0.2, 0.25) is 0 Å². The average Bonchev–Trinajstić information content (AvgIpc) is 2.87. The monoisotopic (exact) mass is 452 g/mol. The van der Waals surface area contributed by atoms with Crippen LogP contribution in [0.25, 0.3) is 33.3 Å². The van der Waals surface area contributed by atoms with Crippen molar-refractivity contribution in [3.8, 4) is 22.4 Å². The van der Waals surface area contributed by atoms with E-state index < -0.39 is 12.0 Å². The number of primary amides is 1. The number of hydrogen-bond donors (Lipinski definition) is 2.